The Morgan fingerprint density at radius 3 is 2.30 bits per heavy atom. The summed E-state index contributed by atoms with van der Waals surface area (Å²) in [6, 6.07) is 0. The van der Waals surface area contributed by atoms with Crippen LogP contribution in [0.2, 0.25) is 0 Å². The van der Waals surface area contributed by atoms with Crippen LogP contribution in [0.5, 0.6) is 0 Å². The number of fused-ring (bicyclic) bond motifs is 2. The van der Waals surface area contributed by atoms with Crippen LogP contribution in [0, 0.1) is 23.7 Å². The molecule has 0 aromatic heterocycles. The highest BCUT2D eigenvalue weighted by atomic mass is 14.4. The van der Waals surface area contributed by atoms with Gasteiger partial charge in [0.15, 0.2) is 0 Å². The minimum atomic E-state index is 0.903. The van der Waals surface area contributed by atoms with Gasteiger partial charge in [-0.2, -0.15) is 0 Å². The monoisotopic (exact) mass is 136 g/mol. The molecule has 10 heavy (non-hydrogen) atoms. The lowest BCUT2D eigenvalue weighted by atomic mass is 9.84. The van der Waals surface area contributed by atoms with Gasteiger partial charge in [-0.05, 0) is 36.5 Å². The van der Waals surface area contributed by atoms with Crippen molar-refractivity contribution < 1.29 is 0 Å². The smallest absolute Gasteiger partial charge is 0.0197 e. The summed E-state index contributed by atoms with van der Waals surface area (Å²) in [4.78, 5) is 0. The van der Waals surface area contributed by atoms with E-state index in [2.05, 4.69) is 26.0 Å². The lowest BCUT2D eigenvalue weighted by molar-refractivity contribution is 0.331. The van der Waals surface area contributed by atoms with E-state index in [9.17, 15) is 0 Å². The quantitative estimate of drug-likeness (QED) is 0.486. The van der Waals surface area contributed by atoms with Gasteiger partial charge < -0.3 is 0 Å². The van der Waals surface area contributed by atoms with Crippen LogP contribution >= 0.6 is 0 Å². The molecule has 0 radical (unpaired) electrons. The van der Waals surface area contributed by atoms with Crippen LogP contribution in [0.15, 0.2) is 12.2 Å². The van der Waals surface area contributed by atoms with Crippen LogP contribution in [-0.2, 0) is 0 Å². The molecule has 2 aliphatic carbocycles. The van der Waals surface area contributed by atoms with Crippen LogP contribution < -0.4 is 0 Å². The Balaban J connectivity index is 2.09. The molecule has 0 nitrogen and oxygen atoms in total. The van der Waals surface area contributed by atoms with Crippen LogP contribution in [0.4, 0.5) is 0 Å². The molecule has 3 atom stereocenters. The summed E-state index contributed by atoms with van der Waals surface area (Å²) in [5.74, 6) is 3.82. The van der Waals surface area contributed by atoms with Crippen molar-refractivity contribution in [2.45, 2.75) is 26.7 Å². The number of rotatable bonds is 1. The highest BCUT2D eigenvalue weighted by Gasteiger charge is 2.36. The minimum absolute atomic E-state index is 0.903. The molecular weight excluding hydrogens is 120 g/mol. The average molecular weight is 136 g/mol. The third kappa shape index (κ3) is 0.817. The molecule has 0 aliphatic heterocycles. The molecule has 0 aromatic carbocycles. The van der Waals surface area contributed by atoms with Gasteiger partial charge in [-0.25, -0.2) is 0 Å². The first kappa shape index (κ1) is 6.45. The van der Waals surface area contributed by atoms with Gasteiger partial charge in [0.1, 0.15) is 0 Å². The fourth-order valence-corrected chi connectivity index (χ4v) is 2.59. The maximum absolute atomic E-state index is 2.44. The van der Waals surface area contributed by atoms with Crippen molar-refractivity contribution in [2.75, 3.05) is 0 Å². The Morgan fingerprint density at radius 2 is 2.00 bits per heavy atom. The summed E-state index contributed by atoms with van der Waals surface area (Å²) in [5.41, 5.74) is 0. The van der Waals surface area contributed by atoms with E-state index < -0.39 is 0 Å². The van der Waals surface area contributed by atoms with Crippen LogP contribution in [0.1, 0.15) is 26.7 Å². The summed E-state index contributed by atoms with van der Waals surface area (Å²) >= 11 is 0. The Bertz CT molecular complexity index is 155. The van der Waals surface area contributed by atoms with E-state index in [4.69, 9.17) is 0 Å². The predicted octanol–water partition coefficient (Wildman–Crippen LogP) is 2.85. The lowest BCUT2D eigenvalue weighted by Crippen LogP contribution is -2.13. The molecule has 0 spiro atoms. The second kappa shape index (κ2) is 2.11. The average Bonchev–Trinajstić information content (AvgIpc) is 2.44. The summed E-state index contributed by atoms with van der Waals surface area (Å²) in [5, 5.41) is 0. The fourth-order valence-electron chi connectivity index (χ4n) is 2.59. The molecule has 56 valence electrons. The highest BCUT2D eigenvalue weighted by molar-refractivity contribution is 5.10. The van der Waals surface area contributed by atoms with Gasteiger partial charge in [0.2, 0.25) is 0 Å². The van der Waals surface area contributed by atoms with E-state index in [0.29, 0.717) is 0 Å². The minimum Gasteiger partial charge on any atom is -0.0851 e. The van der Waals surface area contributed by atoms with Gasteiger partial charge >= 0.3 is 0 Å². The zero-order chi connectivity index (χ0) is 7.14. The van der Waals surface area contributed by atoms with Crippen LogP contribution in [0.3, 0.4) is 0 Å². The van der Waals surface area contributed by atoms with E-state index in [1.165, 1.54) is 12.8 Å². The Labute approximate surface area is 63.3 Å². The zero-order valence-electron chi connectivity index (χ0n) is 6.88. The second-order valence-corrected chi connectivity index (χ2v) is 4.19. The molecule has 0 unspecified atom stereocenters. The van der Waals surface area contributed by atoms with E-state index in [1.807, 2.05) is 0 Å². The molecule has 0 N–H and O–H groups in total. The van der Waals surface area contributed by atoms with E-state index in [-0.39, 0.29) is 0 Å². The van der Waals surface area contributed by atoms with E-state index >= 15 is 0 Å². The Hall–Kier alpha value is -0.260. The third-order valence-corrected chi connectivity index (χ3v) is 3.19. The molecule has 0 heteroatoms. The first-order chi connectivity index (χ1) is 4.77. The van der Waals surface area contributed by atoms with E-state index in [1.54, 1.807) is 0 Å². The Morgan fingerprint density at radius 1 is 1.20 bits per heavy atom. The summed E-state index contributed by atoms with van der Waals surface area (Å²) < 4.78 is 0. The van der Waals surface area contributed by atoms with Crippen molar-refractivity contribution in [2.24, 2.45) is 23.7 Å². The normalized spacial score (nSPS) is 43.7. The Kier molecular flexibility index (Phi) is 1.36. The fraction of sp³-hybridized carbons (Fsp3) is 0.800. The number of hydrogen-bond donors (Lipinski definition) is 0. The second-order valence-electron chi connectivity index (χ2n) is 4.19. The van der Waals surface area contributed by atoms with Crippen molar-refractivity contribution >= 4 is 0 Å². The molecular formula is C10H16. The van der Waals surface area contributed by atoms with Gasteiger partial charge in [-0.1, -0.05) is 26.0 Å². The topological polar surface area (TPSA) is 0 Å². The van der Waals surface area contributed by atoms with Crippen molar-refractivity contribution in [3.8, 4) is 0 Å². The SMILES string of the molecule is CC(C)[C@H]1C[C@H]2C=C[C@H]1C2. The molecule has 0 aromatic rings. The van der Waals surface area contributed by atoms with Gasteiger partial charge in [-0.3, -0.25) is 0 Å². The maximum atomic E-state index is 2.44. The van der Waals surface area contributed by atoms with Gasteiger partial charge in [0.25, 0.3) is 0 Å². The first-order valence-corrected chi connectivity index (χ1v) is 4.45. The molecule has 0 saturated heterocycles. The summed E-state index contributed by atoms with van der Waals surface area (Å²) in [6.07, 6.45) is 7.80. The molecule has 2 rings (SSSR count). The molecule has 0 amide bonds. The summed E-state index contributed by atoms with van der Waals surface area (Å²) in [7, 11) is 0. The third-order valence-electron chi connectivity index (χ3n) is 3.19. The molecule has 1 fully saturated rings. The standard InChI is InChI=1S/C10H16/c1-7(2)10-6-8-3-4-9(10)5-8/h3-4,7-10H,5-6H2,1-2H3/t8-,9-,10+/m0/s1. The van der Waals surface area contributed by atoms with Gasteiger partial charge in [0, 0.05) is 0 Å². The van der Waals surface area contributed by atoms with Crippen molar-refractivity contribution in [3.05, 3.63) is 12.2 Å². The first-order valence-electron chi connectivity index (χ1n) is 4.45. The molecule has 0 heterocycles. The van der Waals surface area contributed by atoms with E-state index in [0.717, 1.165) is 23.7 Å². The predicted molar refractivity (Wildman–Crippen MR) is 43.7 cm³/mol. The highest BCUT2D eigenvalue weighted by Crippen LogP contribution is 2.46. The molecule has 2 aliphatic rings. The van der Waals surface area contributed by atoms with Gasteiger partial charge in [-0.15, -0.1) is 0 Å². The van der Waals surface area contributed by atoms with Crippen LogP contribution in [-0.4, -0.2) is 0 Å². The van der Waals surface area contributed by atoms with Crippen LogP contribution in [0.25, 0.3) is 0 Å². The molecule has 1 saturated carbocycles. The number of hydrogen-bond acceptors (Lipinski definition) is 0. The largest absolute Gasteiger partial charge is 0.0851 e. The van der Waals surface area contributed by atoms with Crippen molar-refractivity contribution in [1.29, 1.82) is 0 Å². The van der Waals surface area contributed by atoms with Crippen molar-refractivity contribution in [1.82, 2.24) is 0 Å². The zero-order valence-corrected chi connectivity index (χ0v) is 6.88. The van der Waals surface area contributed by atoms with Gasteiger partial charge in [0.05, 0.1) is 0 Å². The number of allylic oxidation sites excluding steroid dienone is 2. The lowest BCUT2D eigenvalue weighted by Gasteiger charge is -2.21. The molecule has 2 bridgehead atoms. The van der Waals surface area contributed by atoms with Crippen molar-refractivity contribution in [3.63, 3.8) is 0 Å². The summed E-state index contributed by atoms with van der Waals surface area (Å²) in [6.45, 7) is 4.72. The maximum Gasteiger partial charge on any atom is -0.0197 e.